The standard InChI is InChI=1S/C13H23N3O2/c1-9(17)10-5-6-16(7-10)8-11-14-12(15-18-11)13(2,3)4/h9-10,17H,5-8H2,1-4H3. The van der Waals surface area contributed by atoms with Gasteiger partial charge in [-0.2, -0.15) is 4.98 Å². The van der Waals surface area contributed by atoms with E-state index in [1.807, 2.05) is 6.92 Å². The summed E-state index contributed by atoms with van der Waals surface area (Å²) in [7, 11) is 0. The van der Waals surface area contributed by atoms with Gasteiger partial charge in [-0.15, -0.1) is 0 Å². The molecule has 0 radical (unpaired) electrons. The van der Waals surface area contributed by atoms with Gasteiger partial charge in [-0.1, -0.05) is 25.9 Å². The zero-order valence-electron chi connectivity index (χ0n) is 11.7. The summed E-state index contributed by atoms with van der Waals surface area (Å²) in [4.78, 5) is 6.69. The minimum Gasteiger partial charge on any atom is -0.393 e. The van der Waals surface area contributed by atoms with Crippen LogP contribution in [0, 0.1) is 5.92 Å². The quantitative estimate of drug-likeness (QED) is 0.886. The molecule has 1 aromatic heterocycles. The van der Waals surface area contributed by atoms with Gasteiger partial charge in [0.2, 0.25) is 5.89 Å². The van der Waals surface area contributed by atoms with Crippen LogP contribution in [0.25, 0.3) is 0 Å². The third kappa shape index (κ3) is 3.09. The van der Waals surface area contributed by atoms with Crippen LogP contribution in [-0.4, -0.2) is 39.3 Å². The Morgan fingerprint density at radius 3 is 2.72 bits per heavy atom. The second kappa shape index (κ2) is 4.97. The van der Waals surface area contributed by atoms with Crippen LogP contribution in [0.3, 0.4) is 0 Å². The Hall–Kier alpha value is -0.940. The van der Waals surface area contributed by atoms with Gasteiger partial charge in [-0.3, -0.25) is 4.90 Å². The molecule has 0 bridgehead atoms. The third-order valence-electron chi connectivity index (χ3n) is 3.49. The zero-order chi connectivity index (χ0) is 13.3. The molecule has 18 heavy (non-hydrogen) atoms. The van der Waals surface area contributed by atoms with Gasteiger partial charge >= 0.3 is 0 Å². The van der Waals surface area contributed by atoms with Crippen molar-refractivity contribution in [1.82, 2.24) is 15.0 Å². The lowest BCUT2D eigenvalue weighted by molar-refractivity contribution is 0.125. The first-order valence-corrected chi connectivity index (χ1v) is 6.60. The number of rotatable bonds is 3. The number of aliphatic hydroxyl groups excluding tert-OH is 1. The predicted molar refractivity (Wildman–Crippen MR) is 68.1 cm³/mol. The SMILES string of the molecule is CC(O)C1CCN(Cc2nc(C(C)(C)C)no2)C1. The van der Waals surface area contributed by atoms with Crippen molar-refractivity contribution < 1.29 is 9.63 Å². The molecule has 2 unspecified atom stereocenters. The summed E-state index contributed by atoms with van der Waals surface area (Å²) in [6.07, 6.45) is 0.806. The van der Waals surface area contributed by atoms with Gasteiger partial charge < -0.3 is 9.63 Å². The smallest absolute Gasteiger partial charge is 0.240 e. The molecule has 5 nitrogen and oxygen atoms in total. The molecule has 1 aliphatic heterocycles. The van der Waals surface area contributed by atoms with Gasteiger partial charge in [-0.25, -0.2) is 0 Å². The normalized spacial score (nSPS) is 23.5. The van der Waals surface area contributed by atoms with Gasteiger partial charge in [0.25, 0.3) is 0 Å². The number of likely N-dealkylation sites (tertiary alicyclic amines) is 1. The summed E-state index contributed by atoms with van der Waals surface area (Å²) >= 11 is 0. The lowest BCUT2D eigenvalue weighted by Gasteiger charge is -2.15. The van der Waals surface area contributed by atoms with Crippen LogP contribution in [-0.2, 0) is 12.0 Å². The summed E-state index contributed by atoms with van der Waals surface area (Å²) in [5.41, 5.74) is -0.0745. The second-order valence-electron chi connectivity index (χ2n) is 6.29. The maximum Gasteiger partial charge on any atom is 0.240 e. The first-order valence-electron chi connectivity index (χ1n) is 6.60. The number of hydrogen-bond donors (Lipinski definition) is 1. The average molecular weight is 253 g/mol. The van der Waals surface area contributed by atoms with E-state index in [2.05, 4.69) is 35.8 Å². The van der Waals surface area contributed by atoms with Crippen LogP contribution in [0.5, 0.6) is 0 Å². The molecule has 1 aliphatic rings. The Bertz CT molecular complexity index is 395. The van der Waals surface area contributed by atoms with Crippen LogP contribution in [0.2, 0.25) is 0 Å². The van der Waals surface area contributed by atoms with Crippen LogP contribution in [0.1, 0.15) is 45.8 Å². The van der Waals surface area contributed by atoms with Crippen molar-refractivity contribution in [3.63, 3.8) is 0 Å². The second-order valence-corrected chi connectivity index (χ2v) is 6.29. The van der Waals surface area contributed by atoms with E-state index >= 15 is 0 Å². The molecule has 5 heteroatoms. The molecule has 2 rings (SSSR count). The molecule has 0 aromatic carbocycles. The Balaban J connectivity index is 1.93. The highest BCUT2D eigenvalue weighted by Crippen LogP contribution is 2.22. The Morgan fingerprint density at radius 2 is 2.22 bits per heavy atom. The van der Waals surface area contributed by atoms with Gasteiger partial charge in [0, 0.05) is 12.0 Å². The maximum atomic E-state index is 9.57. The predicted octanol–water partition coefficient (Wildman–Crippen LogP) is 1.57. The summed E-state index contributed by atoms with van der Waals surface area (Å²) in [5.74, 6) is 1.80. The number of aromatic nitrogens is 2. The van der Waals surface area contributed by atoms with E-state index < -0.39 is 0 Å². The Kier molecular flexibility index (Phi) is 3.73. The molecule has 0 amide bonds. The fourth-order valence-electron chi connectivity index (χ4n) is 2.21. The summed E-state index contributed by atoms with van der Waals surface area (Å²) in [6, 6.07) is 0. The molecule has 2 heterocycles. The number of aliphatic hydroxyl groups is 1. The first-order chi connectivity index (χ1) is 8.36. The highest BCUT2D eigenvalue weighted by Gasteiger charge is 2.28. The van der Waals surface area contributed by atoms with Crippen molar-refractivity contribution in [3.8, 4) is 0 Å². The van der Waals surface area contributed by atoms with Crippen LogP contribution in [0.4, 0.5) is 0 Å². The van der Waals surface area contributed by atoms with Crippen molar-refractivity contribution in [1.29, 1.82) is 0 Å². The molecule has 102 valence electrons. The molecular formula is C13H23N3O2. The van der Waals surface area contributed by atoms with E-state index in [-0.39, 0.29) is 11.5 Å². The van der Waals surface area contributed by atoms with Crippen molar-refractivity contribution in [2.75, 3.05) is 13.1 Å². The zero-order valence-corrected chi connectivity index (χ0v) is 11.7. The Labute approximate surface area is 108 Å². The van der Waals surface area contributed by atoms with E-state index in [4.69, 9.17) is 4.52 Å². The molecule has 1 aromatic rings. The topological polar surface area (TPSA) is 62.4 Å². The summed E-state index contributed by atoms with van der Waals surface area (Å²) in [5, 5.41) is 13.6. The van der Waals surface area contributed by atoms with Crippen molar-refractivity contribution in [2.45, 2.75) is 52.2 Å². The molecular weight excluding hydrogens is 230 g/mol. The van der Waals surface area contributed by atoms with Gasteiger partial charge in [0.05, 0.1) is 12.6 Å². The van der Waals surface area contributed by atoms with Crippen LogP contribution in [0.15, 0.2) is 4.52 Å². The molecule has 1 saturated heterocycles. The summed E-state index contributed by atoms with van der Waals surface area (Å²) in [6.45, 7) is 10.7. The first kappa shape index (κ1) is 13.5. The number of nitrogens with zero attached hydrogens (tertiary/aromatic N) is 3. The van der Waals surface area contributed by atoms with Crippen LogP contribution >= 0.6 is 0 Å². The molecule has 1 fully saturated rings. The van der Waals surface area contributed by atoms with E-state index in [1.54, 1.807) is 0 Å². The van der Waals surface area contributed by atoms with E-state index in [9.17, 15) is 5.11 Å². The molecule has 1 N–H and O–H groups in total. The van der Waals surface area contributed by atoms with Crippen molar-refractivity contribution in [3.05, 3.63) is 11.7 Å². The van der Waals surface area contributed by atoms with Gasteiger partial charge in [0.1, 0.15) is 0 Å². The average Bonchev–Trinajstić information content (AvgIpc) is 2.85. The molecule has 2 atom stereocenters. The monoisotopic (exact) mass is 253 g/mol. The molecule has 0 saturated carbocycles. The largest absolute Gasteiger partial charge is 0.393 e. The highest BCUT2D eigenvalue weighted by molar-refractivity contribution is 5.00. The van der Waals surface area contributed by atoms with Gasteiger partial charge in [-0.05, 0) is 25.8 Å². The summed E-state index contributed by atoms with van der Waals surface area (Å²) < 4.78 is 5.28. The minimum absolute atomic E-state index is 0.0745. The van der Waals surface area contributed by atoms with E-state index in [0.717, 1.165) is 25.3 Å². The van der Waals surface area contributed by atoms with Crippen molar-refractivity contribution in [2.24, 2.45) is 5.92 Å². The number of hydrogen-bond acceptors (Lipinski definition) is 5. The fourth-order valence-corrected chi connectivity index (χ4v) is 2.21. The molecule has 0 spiro atoms. The highest BCUT2D eigenvalue weighted by atomic mass is 16.5. The lowest BCUT2D eigenvalue weighted by atomic mass is 9.96. The van der Waals surface area contributed by atoms with E-state index in [1.165, 1.54) is 0 Å². The van der Waals surface area contributed by atoms with Gasteiger partial charge in [0.15, 0.2) is 5.82 Å². The fraction of sp³-hybridized carbons (Fsp3) is 0.846. The van der Waals surface area contributed by atoms with Crippen molar-refractivity contribution >= 4 is 0 Å². The van der Waals surface area contributed by atoms with E-state index in [0.29, 0.717) is 18.4 Å². The minimum atomic E-state index is -0.233. The lowest BCUT2D eigenvalue weighted by Crippen LogP contribution is -2.24. The third-order valence-corrected chi connectivity index (χ3v) is 3.49. The molecule has 0 aliphatic carbocycles. The van der Waals surface area contributed by atoms with Crippen LogP contribution < -0.4 is 0 Å². The Morgan fingerprint density at radius 1 is 1.50 bits per heavy atom. The maximum absolute atomic E-state index is 9.57.